The van der Waals surface area contributed by atoms with Gasteiger partial charge in [0.05, 0.1) is 5.54 Å². The fourth-order valence-corrected chi connectivity index (χ4v) is 18.7. The quantitative estimate of drug-likeness (QED) is 0.0636. The first kappa shape index (κ1) is 41.4. The minimum atomic E-state index is -1.84. The van der Waals surface area contributed by atoms with Gasteiger partial charge >= 0.3 is 5.97 Å². The molecule has 14 atom stereocenters. The first-order valence-electron chi connectivity index (χ1n) is 23.8. The Morgan fingerprint density at radius 1 is 0.954 bits per heavy atom. The SMILES string of the molecule is C/C(C(=O)O)=C1/CC[C@]2(N=C(N)N)C=C[C@]34[C@H](C)[C@@H]2[C@@]1(O)C1=CCC2=C1[C@H]3[C@@]1(O)C(=C[C@]3(O)C5=C6C(=O)C[C@@]4(C)[C@]51CCC#CC[C@]1(C)C(=O)CC[C@@]6(C)[C@@H]1[C@@H]3/C=C/c1ccccc1)C2. The summed E-state index contributed by atoms with van der Waals surface area (Å²) in [6.45, 7) is 9.99. The summed E-state index contributed by atoms with van der Waals surface area (Å²) in [4.78, 5) is 48.8. The monoisotopic (exact) mass is 873 g/mol. The molecule has 0 heterocycles. The van der Waals surface area contributed by atoms with Gasteiger partial charge in [-0.05, 0) is 102 Å². The molecule has 8 N–H and O–H groups in total. The maximum absolute atomic E-state index is 16.2. The molecule has 12 rings (SSSR count). The average molecular weight is 874 g/mol. The molecule has 336 valence electrons. The molecule has 0 aliphatic heterocycles. The van der Waals surface area contributed by atoms with Crippen molar-refractivity contribution in [1.29, 1.82) is 0 Å². The summed E-state index contributed by atoms with van der Waals surface area (Å²) in [5, 5.41) is 54.3. The molecule has 0 unspecified atom stereocenters. The topological polar surface area (TPSA) is 197 Å². The van der Waals surface area contributed by atoms with Gasteiger partial charge in [0, 0.05) is 76.2 Å². The normalized spacial score (nSPS) is 48.5. The van der Waals surface area contributed by atoms with E-state index in [0.717, 1.165) is 16.7 Å². The lowest BCUT2D eigenvalue weighted by molar-refractivity contribution is -0.173. The van der Waals surface area contributed by atoms with Gasteiger partial charge in [-0.2, -0.15) is 0 Å². The Morgan fingerprint density at radius 2 is 1.71 bits per heavy atom. The summed E-state index contributed by atoms with van der Waals surface area (Å²) < 4.78 is 0. The molecule has 11 aliphatic carbocycles. The van der Waals surface area contributed by atoms with Crippen LogP contribution in [0.15, 0.2) is 110 Å². The van der Waals surface area contributed by atoms with E-state index >= 15 is 9.90 Å². The molecule has 4 fully saturated rings. The van der Waals surface area contributed by atoms with Crippen LogP contribution in [0.1, 0.15) is 104 Å². The van der Waals surface area contributed by atoms with Crippen molar-refractivity contribution in [3.63, 3.8) is 0 Å². The Kier molecular flexibility index (Phi) is 7.81. The third-order valence-corrected chi connectivity index (χ3v) is 20.6. The largest absolute Gasteiger partial charge is 0.478 e. The van der Waals surface area contributed by atoms with Crippen molar-refractivity contribution in [1.82, 2.24) is 0 Å². The first-order chi connectivity index (χ1) is 30.7. The smallest absolute Gasteiger partial charge is 0.331 e. The highest BCUT2D eigenvalue weighted by atomic mass is 16.4. The number of carboxylic acids is 1. The number of aliphatic imine (C=N–C) groups is 1. The van der Waals surface area contributed by atoms with Gasteiger partial charge in [0.1, 0.15) is 22.6 Å². The van der Waals surface area contributed by atoms with Crippen LogP contribution in [0.5, 0.6) is 0 Å². The average Bonchev–Trinajstić information content (AvgIpc) is 3.70. The number of ketones is 2. The molecule has 10 nitrogen and oxygen atoms in total. The minimum Gasteiger partial charge on any atom is -0.478 e. The maximum Gasteiger partial charge on any atom is 0.331 e. The van der Waals surface area contributed by atoms with Crippen LogP contribution in [0.25, 0.3) is 6.08 Å². The third-order valence-electron chi connectivity index (χ3n) is 20.6. The summed E-state index contributed by atoms with van der Waals surface area (Å²) in [5.41, 5.74) is 6.61. The van der Waals surface area contributed by atoms with Crippen molar-refractivity contribution in [2.24, 2.45) is 73.1 Å². The minimum absolute atomic E-state index is 0.0482. The van der Waals surface area contributed by atoms with Crippen molar-refractivity contribution in [3.8, 4) is 11.8 Å². The van der Waals surface area contributed by atoms with Crippen LogP contribution >= 0.6 is 0 Å². The number of nitrogens with two attached hydrogens (primary N) is 2. The second-order valence-electron chi connectivity index (χ2n) is 22.6. The van der Waals surface area contributed by atoms with Gasteiger partial charge in [0.2, 0.25) is 0 Å². The molecule has 0 saturated heterocycles. The predicted octanol–water partition coefficient (Wildman–Crippen LogP) is 6.59. The molecule has 10 heteroatoms. The molecule has 65 heavy (non-hydrogen) atoms. The van der Waals surface area contributed by atoms with Gasteiger partial charge in [-0.3, -0.25) is 9.59 Å². The lowest BCUT2D eigenvalue weighted by atomic mass is 9.33. The number of hydrogen-bond donors (Lipinski definition) is 6. The van der Waals surface area contributed by atoms with Gasteiger partial charge in [0.25, 0.3) is 0 Å². The number of carbonyl (C=O) groups excluding carboxylic acids is 2. The van der Waals surface area contributed by atoms with Crippen LogP contribution in [0, 0.1) is 68.5 Å². The highest BCUT2D eigenvalue weighted by Gasteiger charge is 2.90. The van der Waals surface area contributed by atoms with Crippen LogP contribution in [0.2, 0.25) is 0 Å². The van der Waals surface area contributed by atoms with Crippen molar-refractivity contribution in [2.75, 3.05) is 0 Å². The van der Waals surface area contributed by atoms with E-state index in [1.807, 2.05) is 61.6 Å². The number of rotatable bonds is 4. The maximum atomic E-state index is 16.2. The Balaban J connectivity index is 1.25. The van der Waals surface area contributed by atoms with Gasteiger partial charge in [0.15, 0.2) is 11.7 Å². The van der Waals surface area contributed by atoms with Crippen molar-refractivity contribution in [2.45, 2.75) is 121 Å². The lowest BCUT2D eigenvalue weighted by Crippen LogP contribution is -2.72. The van der Waals surface area contributed by atoms with E-state index in [9.17, 15) is 24.9 Å². The molecule has 4 saturated carbocycles. The van der Waals surface area contributed by atoms with E-state index in [0.29, 0.717) is 66.4 Å². The molecule has 0 radical (unpaired) electrons. The molecule has 1 aromatic rings. The third kappa shape index (κ3) is 4.17. The predicted molar refractivity (Wildman–Crippen MR) is 245 cm³/mol. The number of carboxylic acid groups (broad SMARTS) is 1. The van der Waals surface area contributed by atoms with E-state index in [4.69, 9.17) is 16.5 Å². The molecule has 11 aliphatic rings. The number of fused-ring (bicyclic) bond motifs is 2. The number of hydrogen-bond acceptors (Lipinski definition) is 7. The van der Waals surface area contributed by atoms with Crippen LogP contribution < -0.4 is 11.5 Å². The number of aliphatic hydroxyl groups is 3. The Morgan fingerprint density at radius 3 is 2.43 bits per heavy atom. The van der Waals surface area contributed by atoms with E-state index in [2.05, 4.69) is 44.8 Å². The fourth-order valence-electron chi connectivity index (χ4n) is 18.7. The summed E-state index contributed by atoms with van der Waals surface area (Å²) >= 11 is 0. The zero-order valence-corrected chi connectivity index (χ0v) is 37.9. The first-order valence-corrected chi connectivity index (χ1v) is 23.8. The second-order valence-corrected chi connectivity index (χ2v) is 22.6. The Hall–Kier alpha value is -5.08. The molecule has 2 spiro atoms. The summed E-state index contributed by atoms with van der Waals surface area (Å²) in [5.74, 6) is 2.50. The van der Waals surface area contributed by atoms with Crippen molar-refractivity contribution < 1.29 is 34.8 Å². The lowest BCUT2D eigenvalue weighted by Gasteiger charge is -2.70. The molecule has 6 bridgehead atoms. The van der Waals surface area contributed by atoms with Crippen molar-refractivity contribution >= 4 is 29.6 Å². The van der Waals surface area contributed by atoms with Gasteiger partial charge < -0.3 is 31.9 Å². The number of aliphatic carboxylic acids is 1. The number of allylic oxidation sites excluding steroid dienone is 4. The van der Waals surface area contributed by atoms with E-state index in [-0.39, 0.29) is 48.8 Å². The number of guanidine groups is 1. The molecular formula is C55H59N3O7. The Bertz CT molecular complexity index is 2850. The van der Waals surface area contributed by atoms with Crippen LogP contribution in [-0.2, 0) is 14.4 Å². The highest BCUT2D eigenvalue weighted by molar-refractivity contribution is 6.03. The number of carbonyl (C=O) groups is 3. The molecule has 0 aromatic heterocycles. The Labute approximate surface area is 380 Å². The summed E-state index contributed by atoms with van der Waals surface area (Å²) in [7, 11) is 0. The van der Waals surface area contributed by atoms with Gasteiger partial charge in [-0.1, -0.05) is 94.0 Å². The van der Waals surface area contributed by atoms with Crippen LogP contribution in [-0.4, -0.2) is 66.3 Å². The van der Waals surface area contributed by atoms with Gasteiger partial charge in [-0.15, -0.1) is 11.8 Å². The fraction of sp³-hybridized carbons (Fsp3) is 0.527. The zero-order valence-electron chi connectivity index (χ0n) is 37.9. The van der Waals surface area contributed by atoms with Crippen LogP contribution in [0.3, 0.4) is 0 Å². The molecular weight excluding hydrogens is 815 g/mol. The number of nitrogens with zero attached hydrogens (tertiary/aromatic N) is 1. The van der Waals surface area contributed by atoms with E-state index in [1.54, 1.807) is 6.92 Å². The second kappa shape index (κ2) is 12.3. The zero-order chi connectivity index (χ0) is 45.9. The number of benzene rings is 1. The van der Waals surface area contributed by atoms with Crippen LogP contribution in [0.4, 0.5) is 0 Å². The number of Topliss-reactive ketones (excluding diaryl/α,β-unsaturated/α-hetero) is 2. The van der Waals surface area contributed by atoms with Gasteiger partial charge in [-0.25, -0.2) is 9.79 Å². The van der Waals surface area contributed by atoms with E-state index in [1.165, 1.54) is 0 Å². The molecule has 0 amide bonds. The highest BCUT2D eigenvalue weighted by Crippen LogP contribution is 2.89. The van der Waals surface area contributed by atoms with E-state index < -0.39 is 85.0 Å². The standard InChI is InChI=1S/C55H59N3O7/c1-29(45(61)62)34-18-23-50(58-46(56)57)24-25-51-30(2)41(50)54(34,64)35-17-15-32-26-33-27-52(63)36(16-14-31-12-8-6-9-13-31)42-47(3)20-10-7-11-21-53(55(33,65)43(51)39(32)35)44(52)40(37(59)28-49(51,53)5)48(42,4)22-19-38(47)60/h6,8-9,12-14,16-17,24-25,27,30,36,41-43,63-65H,11,15,18-23,26,28H2,1-5H3,(H,61,62)(H4,56,57,58)/b16-14+,34-29+/t30-,36+,41+,42-,43-,47-,48-,49-,50+,51+,52-,53+,54+,55+/m1/s1. The van der Waals surface area contributed by atoms with Crippen molar-refractivity contribution in [3.05, 3.63) is 111 Å². The summed E-state index contributed by atoms with van der Waals surface area (Å²) in [6.07, 6.45) is 15.4. The summed E-state index contributed by atoms with van der Waals surface area (Å²) in [6, 6.07) is 9.96. The molecule has 1 aromatic carbocycles.